The molecule has 2 heterocycles. The van der Waals surface area contributed by atoms with Crippen molar-refractivity contribution in [3.05, 3.63) is 83.7 Å². The van der Waals surface area contributed by atoms with E-state index in [2.05, 4.69) is 38.1 Å². The van der Waals surface area contributed by atoms with Gasteiger partial charge in [0.05, 0.1) is 12.2 Å². The minimum Gasteiger partial charge on any atom is -0.444 e. The van der Waals surface area contributed by atoms with E-state index in [9.17, 15) is 0 Å². The molecule has 0 saturated heterocycles. The predicted molar refractivity (Wildman–Crippen MR) is 141 cm³/mol. The zero-order valence-corrected chi connectivity index (χ0v) is 21.0. The van der Waals surface area contributed by atoms with Gasteiger partial charge in [-0.1, -0.05) is 48.5 Å². The molecule has 0 unspecified atom stereocenters. The summed E-state index contributed by atoms with van der Waals surface area (Å²) < 4.78 is 5.59. The number of nitrogens with one attached hydrogen (secondary N) is 2. The van der Waals surface area contributed by atoms with E-state index < -0.39 is 0 Å². The molecule has 32 heavy (non-hydrogen) atoms. The molecular formula is C24H26IN5OS. The summed E-state index contributed by atoms with van der Waals surface area (Å²) in [5, 5.41) is 9.82. The molecule has 0 aliphatic carbocycles. The number of nitrogens with zero attached hydrogens (tertiary/aromatic N) is 3. The molecule has 0 saturated carbocycles. The van der Waals surface area contributed by atoms with Gasteiger partial charge in [-0.15, -0.1) is 35.3 Å². The lowest BCUT2D eigenvalue weighted by atomic mass is 10.2. The summed E-state index contributed by atoms with van der Waals surface area (Å²) in [4.78, 5) is 13.9. The van der Waals surface area contributed by atoms with E-state index in [-0.39, 0.29) is 24.0 Å². The van der Waals surface area contributed by atoms with Gasteiger partial charge in [0.25, 0.3) is 0 Å². The number of benzene rings is 2. The summed E-state index contributed by atoms with van der Waals surface area (Å²) in [6.45, 7) is 4.03. The molecule has 0 amide bonds. The highest BCUT2D eigenvalue weighted by Crippen LogP contribution is 2.23. The van der Waals surface area contributed by atoms with Gasteiger partial charge < -0.3 is 15.1 Å². The Balaban J connectivity index is 0.00000289. The van der Waals surface area contributed by atoms with E-state index in [1.807, 2.05) is 55.5 Å². The normalized spacial score (nSPS) is 11.1. The average molecular weight is 559 g/mol. The predicted octanol–water partition coefficient (Wildman–Crippen LogP) is 5.38. The first-order valence-corrected chi connectivity index (χ1v) is 11.2. The van der Waals surface area contributed by atoms with Crippen LogP contribution in [0.25, 0.3) is 22.0 Å². The van der Waals surface area contributed by atoms with Gasteiger partial charge >= 0.3 is 0 Å². The fraction of sp³-hybridized carbons (Fsp3) is 0.208. The highest BCUT2D eigenvalue weighted by molar-refractivity contribution is 14.0. The second-order valence-electron chi connectivity index (χ2n) is 6.89. The number of halogens is 1. The number of aliphatic imine (C=N–C) groups is 1. The third-order valence-corrected chi connectivity index (χ3v) is 5.50. The molecule has 0 radical (unpaired) electrons. The van der Waals surface area contributed by atoms with Gasteiger partial charge in [-0.2, -0.15) is 0 Å². The van der Waals surface area contributed by atoms with Crippen molar-refractivity contribution in [2.45, 2.75) is 19.9 Å². The van der Waals surface area contributed by atoms with Crippen LogP contribution in [0.1, 0.15) is 18.3 Å². The maximum atomic E-state index is 5.59. The summed E-state index contributed by atoms with van der Waals surface area (Å²) in [7, 11) is 0. The molecule has 2 aromatic carbocycles. The third kappa shape index (κ3) is 6.64. The van der Waals surface area contributed by atoms with Crippen molar-refractivity contribution >= 4 is 41.3 Å². The number of thiazole rings is 1. The van der Waals surface area contributed by atoms with Crippen LogP contribution in [0.3, 0.4) is 0 Å². The van der Waals surface area contributed by atoms with Crippen molar-refractivity contribution in [3.63, 3.8) is 0 Å². The second kappa shape index (κ2) is 12.4. The molecule has 0 atom stereocenters. The molecule has 2 aromatic heterocycles. The minimum atomic E-state index is 0. The number of hydrogen-bond donors (Lipinski definition) is 2. The smallest absolute Gasteiger partial charge is 0.226 e. The maximum Gasteiger partial charge on any atom is 0.226 e. The number of aromatic nitrogens is 2. The Bertz CT molecular complexity index is 1110. The molecule has 0 fully saturated rings. The first kappa shape index (κ1) is 23.9. The Morgan fingerprint density at radius 3 is 2.38 bits per heavy atom. The van der Waals surface area contributed by atoms with Gasteiger partial charge in [-0.25, -0.2) is 15.0 Å². The lowest BCUT2D eigenvalue weighted by Crippen LogP contribution is -2.38. The van der Waals surface area contributed by atoms with Crippen LogP contribution in [-0.4, -0.2) is 29.0 Å². The monoisotopic (exact) mass is 559 g/mol. The van der Waals surface area contributed by atoms with Crippen molar-refractivity contribution in [2.75, 3.05) is 13.1 Å². The van der Waals surface area contributed by atoms with E-state index in [0.29, 0.717) is 12.4 Å². The van der Waals surface area contributed by atoms with Crippen molar-refractivity contribution < 1.29 is 4.42 Å². The third-order valence-electron chi connectivity index (χ3n) is 4.56. The quantitative estimate of drug-likeness (QED) is 0.172. The van der Waals surface area contributed by atoms with Gasteiger partial charge in [-0.05, 0) is 19.1 Å². The Morgan fingerprint density at radius 1 is 0.938 bits per heavy atom. The maximum absolute atomic E-state index is 5.59. The molecule has 166 valence electrons. The molecule has 0 bridgehead atoms. The Hall–Kier alpha value is -2.72. The lowest BCUT2D eigenvalue weighted by molar-refractivity contribution is 0.572. The van der Waals surface area contributed by atoms with Gasteiger partial charge in [0.2, 0.25) is 5.89 Å². The van der Waals surface area contributed by atoms with Crippen LogP contribution in [0.5, 0.6) is 0 Å². The molecule has 8 heteroatoms. The first-order chi connectivity index (χ1) is 15.3. The number of rotatable bonds is 8. The molecule has 0 aliphatic rings. The average Bonchev–Trinajstić information content (AvgIpc) is 3.49. The Kier molecular flexibility index (Phi) is 9.24. The standard InChI is InChI=1S/C24H25N5OS.HI/c1-2-25-24(27-15-21-16-30-22(28-21)18-9-5-3-6-10-18)26-14-13-20-17-31-23(29-20)19-11-7-4-8-12-19;/h3-12,16-17H,2,13-15H2,1H3,(H2,25,26,27);1H. The van der Waals surface area contributed by atoms with Crippen LogP contribution in [0, 0.1) is 0 Å². The molecular weight excluding hydrogens is 533 g/mol. The molecule has 2 N–H and O–H groups in total. The number of hydrogen-bond acceptors (Lipinski definition) is 5. The summed E-state index contributed by atoms with van der Waals surface area (Å²) in [6.07, 6.45) is 2.49. The van der Waals surface area contributed by atoms with Crippen LogP contribution < -0.4 is 10.6 Å². The molecule has 0 spiro atoms. The van der Waals surface area contributed by atoms with E-state index >= 15 is 0 Å². The molecule has 0 aliphatic heterocycles. The Labute approximate surface area is 209 Å². The zero-order chi connectivity index (χ0) is 21.3. The largest absolute Gasteiger partial charge is 0.444 e. The number of oxazole rings is 1. The Morgan fingerprint density at radius 2 is 1.66 bits per heavy atom. The van der Waals surface area contributed by atoms with E-state index in [1.165, 1.54) is 0 Å². The van der Waals surface area contributed by atoms with Gasteiger partial charge in [0, 0.05) is 36.0 Å². The van der Waals surface area contributed by atoms with Crippen LogP contribution in [-0.2, 0) is 13.0 Å². The zero-order valence-electron chi connectivity index (χ0n) is 17.8. The summed E-state index contributed by atoms with van der Waals surface area (Å²) >= 11 is 1.68. The van der Waals surface area contributed by atoms with E-state index in [4.69, 9.17) is 9.40 Å². The first-order valence-electron chi connectivity index (χ1n) is 10.3. The summed E-state index contributed by atoms with van der Waals surface area (Å²) in [5.74, 6) is 1.37. The van der Waals surface area contributed by atoms with Crippen molar-refractivity contribution in [1.82, 2.24) is 20.6 Å². The van der Waals surface area contributed by atoms with Crippen LogP contribution in [0.15, 0.2) is 81.7 Å². The van der Waals surface area contributed by atoms with E-state index in [1.54, 1.807) is 17.6 Å². The van der Waals surface area contributed by atoms with Crippen molar-refractivity contribution in [3.8, 4) is 22.0 Å². The summed E-state index contributed by atoms with van der Waals surface area (Å²) in [6, 6.07) is 20.1. The van der Waals surface area contributed by atoms with Crippen LogP contribution in [0.4, 0.5) is 0 Å². The van der Waals surface area contributed by atoms with Gasteiger partial charge in [0.15, 0.2) is 5.96 Å². The molecule has 4 aromatic rings. The second-order valence-corrected chi connectivity index (χ2v) is 7.75. The van der Waals surface area contributed by atoms with Gasteiger partial charge in [-0.3, -0.25) is 0 Å². The van der Waals surface area contributed by atoms with Crippen molar-refractivity contribution in [1.29, 1.82) is 0 Å². The molecule has 4 rings (SSSR count). The van der Waals surface area contributed by atoms with Crippen LogP contribution in [0.2, 0.25) is 0 Å². The topological polar surface area (TPSA) is 75.3 Å². The highest BCUT2D eigenvalue weighted by Gasteiger charge is 2.07. The lowest BCUT2D eigenvalue weighted by Gasteiger charge is -2.10. The summed E-state index contributed by atoms with van der Waals surface area (Å²) in [5.41, 5.74) is 3.99. The SMILES string of the molecule is CCNC(=NCc1coc(-c2ccccc2)n1)NCCc1csc(-c2ccccc2)n1.I. The fourth-order valence-corrected chi connectivity index (χ4v) is 3.90. The van der Waals surface area contributed by atoms with Crippen molar-refractivity contribution in [2.24, 2.45) is 4.99 Å². The molecule has 6 nitrogen and oxygen atoms in total. The highest BCUT2D eigenvalue weighted by atomic mass is 127. The minimum absolute atomic E-state index is 0. The van der Waals surface area contributed by atoms with Gasteiger partial charge in [0.1, 0.15) is 17.0 Å². The van der Waals surface area contributed by atoms with E-state index in [0.717, 1.165) is 53.0 Å². The number of guanidine groups is 1. The van der Waals surface area contributed by atoms with Crippen LogP contribution >= 0.6 is 35.3 Å². The fourth-order valence-electron chi connectivity index (χ4n) is 3.04.